The molecule has 1 atom stereocenters. The highest BCUT2D eigenvalue weighted by atomic mass is 16.5. The van der Waals surface area contributed by atoms with Crippen LogP contribution in [0.3, 0.4) is 0 Å². The highest BCUT2D eigenvalue weighted by Crippen LogP contribution is 2.34. The van der Waals surface area contributed by atoms with Crippen LogP contribution < -0.4 is 14.8 Å². The standard InChI is InChI=1S/C18H29NO4/c1-7-16-13(5)18(23-14(6)20)12(4)8-17(16)22-10-15(21)9-19-11(2)3/h8,11,15,19,21H,7,9-10H2,1-6H3. The second kappa shape index (κ2) is 8.89. The summed E-state index contributed by atoms with van der Waals surface area (Å²) in [5, 5.41) is 13.2. The number of benzene rings is 1. The van der Waals surface area contributed by atoms with Gasteiger partial charge in [0.1, 0.15) is 24.2 Å². The quantitative estimate of drug-likeness (QED) is 0.568. The average molecular weight is 323 g/mol. The number of carbonyl (C=O) groups excluding carboxylic acids is 1. The second-order valence-corrected chi connectivity index (χ2v) is 6.10. The minimum absolute atomic E-state index is 0.221. The Morgan fingerprint density at radius 2 is 2.00 bits per heavy atom. The van der Waals surface area contributed by atoms with Gasteiger partial charge in [0, 0.05) is 25.1 Å². The first-order valence-corrected chi connectivity index (χ1v) is 8.11. The summed E-state index contributed by atoms with van der Waals surface area (Å²) in [6, 6.07) is 2.19. The lowest BCUT2D eigenvalue weighted by Crippen LogP contribution is -2.35. The predicted molar refractivity (Wildman–Crippen MR) is 91.2 cm³/mol. The summed E-state index contributed by atoms with van der Waals surface area (Å²) in [4.78, 5) is 11.3. The Kier molecular flexibility index (Phi) is 7.52. The van der Waals surface area contributed by atoms with Crippen LogP contribution in [0.2, 0.25) is 0 Å². The highest BCUT2D eigenvalue weighted by molar-refractivity contribution is 5.71. The average Bonchev–Trinajstić information content (AvgIpc) is 2.46. The molecule has 0 heterocycles. The molecule has 0 aliphatic rings. The fourth-order valence-corrected chi connectivity index (χ4v) is 2.45. The third-order valence-electron chi connectivity index (χ3n) is 3.59. The number of hydrogen-bond acceptors (Lipinski definition) is 5. The fraction of sp³-hybridized carbons (Fsp3) is 0.611. The minimum Gasteiger partial charge on any atom is -0.491 e. The third kappa shape index (κ3) is 5.84. The van der Waals surface area contributed by atoms with Crippen molar-refractivity contribution >= 4 is 5.97 Å². The van der Waals surface area contributed by atoms with Crippen molar-refractivity contribution in [2.24, 2.45) is 0 Å². The van der Waals surface area contributed by atoms with Gasteiger partial charge in [0.2, 0.25) is 0 Å². The van der Waals surface area contributed by atoms with Crippen LogP contribution >= 0.6 is 0 Å². The van der Waals surface area contributed by atoms with Gasteiger partial charge in [-0.15, -0.1) is 0 Å². The van der Waals surface area contributed by atoms with Gasteiger partial charge in [-0.25, -0.2) is 0 Å². The van der Waals surface area contributed by atoms with Crippen molar-refractivity contribution in [3.8, 4) is 11.5 Å². The van der Waals surface area contributed by atoms with Crippen LogP contribution in [0.15, 0.2) is 6.07 Å². The first-order chi connectivity index (χ1) is 10.8. The van der Waals surface area contributed by atoms with Gasteiger partial charge in [-0.2, -0.15) is 0 Å². The van der Waals surface area contributed by atoms with Crippen LogP contribution in [0.1, 0.15) is 44.4 Å². The van der Waals surface area contributed by atoms with Crippen LogP contribution in [0.4, 0.5) is 0 Å². The lowest BCUT2D eigenvalue weighted by molar-refractivity contribution is -0.131. The summed E-state index contributed by atoms with van der Waals surface area (Å²) in [7, 11) is 0. The van der Waals surface area contributed by atoms with E-state index in [4.69, 9.17) is 9.47 Å². The molecule has 1 unspecified atom stereocenters. The van der Waals surface area contributed by atoms with E-state index in [0.29, 0.717) is 18.3 Å². The predicted octanol–water partition coefficient (Wildman–Crippen LogP) is 2.53. The number of nitrogens with one attached hydrogen (secondary N) is 1. The van der Waals surface area contributed by atoms with Crippen molar-refractivity contribution in [3.05, 3.63) is 22.8 Å². The van der Waals surface area contributed by atoms with Crippen molar-refractivity contribution in [3.63, 3.8) is 0 Å². The smallest absolute Gasteiger partial charge is 0.308 e. The molecule has 5 heteroatoms. The zero-order chi connectivity index (χ0) is 17.6. The molecular formula is C18H29NO4. The Morgan fingerprint density at radius 3 is 2.52 bits per heavy atom. The monoisotopic (exact) mass is 323 g/mol. The molecule has 1 aromatic rings. The molecule has 0 fully saturated rings. The number of aliphatic hydroxyl groups is 1. The number of rotatable bonds is 8. The molecule has 0 bridgehead atoms. The molecule has 0 amide bonds. The maximum Gasteiger partial charge on any atom is 0.308 e. The van der Waals surface area contributed by atoms with E-state index in [1.54, 1.807) is 0 Å². The Balaban J connectivity index is 2.88. The van der Waals surface area contributed by atoms with E-state index in [2.05, 4.69) is 5.32 Å². The van der Waals surface area contributed by atoms with Crippen LogP contribution in [-0.2, 0) is 11.2 Å². The van der Waals surface area contributed by atoms with Crippen molar-refractivity contribution in [1.82, 2.24) is 5.32 Å². The third-order valence-corrected chi connectivity index (χ3v) is 3.59. The maximum atomic E-state index is 11.3. The molecule has 23 heavy (non-hydrogen) atoms. The SMILES string of the molecule is CCc1c(OCC(O)CNC(C)C)cc(C)c(OC(C)=O)c1C. The zero-order valence-corrected chi connectivity index (χ0v) is 15.0. The molecule has 130 valence electrons. The summed E-state index contributed by atoms with van der Waals surface area (Å²) in [5.41, 5.74) is 2.75. The summed E-state index contributed by atoms with van der Waals surface area (Å²) in [6.45, 7) is 12.0. The normalized spacial score (nSPS) is 12.3. The molecular weight excluding hydrogens is 294 g/mol. The Morgan fingerprint density at radius 1 is 1.35 bits per heavy atom. The van der Waals surface area contributed by atoms with Gasteiger partial charge in [-0.3, -0.25) is 4.79 Å². The Labute approximate surface area is 139 Å². The molecule has 0 spiro atoms. The first kappa shape index (κ1) is 19.5. The van der Waals surface area contributed by atoms with Crippen molar-refractivity contribution in [1.29, 1.82) is 0 Å². The van der Waals surface area contributed by atoms with Gasteiger partial charge in [0.15, 0.2) is 0 Å². The number of hydrogen-bond donors (Lipinski definition) is 2. The molecule has 0 aromatic heterocycles. The van der Waals surface area contributed by atoms with Crippen LogP contribution in [0, 0.1) is 13.8 Å². The second-order valence-electron chi connectivity index (χ2n) is 6.10. The van der Waals surface area contributed by atoms with Crippen LogP contribution in [-0.4, -0.2) is 36.4 Å². The highest BCUT2D eigenvalue weighted by Gasteiger charge is 2.16. The van der Waals surface area contributed by atoms with Gasteiger partial charge in [0.25, 0.3) is 0 Å². The lowest BCUT2D eigenvalue weighted by Gasteiger charge is -2.20. The minimum atomic E-state index is -0.573. The van der Waals surface area contributed by atoms with Crippen molar-refractivity contribution in [2.45, 2.75) is 60.1 Å². The summed E-state index contributed by atoms with van der Waals surface area (Å²) in [6.07, 6.45) is 0.187. The number of aryl methyl sites for hydroxylation is 1. The van der Waals surface area contributed by atoms with E-state index in [1.165, 1.54) is 6.92 Å². The van der Waals surface area contributed by atoms with Gasteiger partial charge < -0.3 is 19.9 Å². The fourth-order valence-electron chi connectivity index (χ4n) is 2.45. The Hall–Kier alpha value is -1.59. The van der Waals surface area contributed by atoms with Crippen LogP contribution in [0.5, 0.6) is 11.5 Å². The van der Waals surface area contributed by atoms with Gasteiger partial charge in [-0.05, 0) is 37.5 Å². The summed E-state index contributed by atoms with van der Waals surface area (Å²) in [5.74, 6) is 1.01. The van der Waals surface area contributed by atoms with Gasteiger partial charge >= 0.3 is 5.97 Å². The summed E-state index contributed by atoms with van der Waals surface area (Å²) < 4.78 is 11.1. The number of aliphatic hydroxyl groups excluding tert-OH is 1. The van der Waals surface area contributed by atoms with Crippen molar-refractivity contribution < 1.29 is 19.4 Å². The largest absolute Gasteiger partial charge is 0.491 e. The number of esters is 1. The van der Waals surface area contributed by atoms with E-state index in [-0.39, 0.29) is 12.6 Å². The maximum absolute atomic E-state index is 11.3. The van der Waals surface area contributed by atoms with Crippen molar-refractivity contribution in [2.75, 3.05) is 13.2 Å². The molecule has 1 aromatic carbocycles. The molecule has 0 saturated carbocycles. The molecule has 5 nitrogen and oxygen atoms in total. The van der Waals surface area contributed by atoms with E-state index in [1.807, 2.05) is 40.7 Å². The number of carbonyl (C=O) groups is 1. The zero-order valence-electron chi connectivity index (χ0n) is 15.0. The molecule has 0 aliphatic heterocycles. The summed E-state index contributed by atoms with van der Waals surface area (Å²) >= 11 is 0. The Bertz CT molecular complexity index is 540. The van der Waals surface area contributed by atoms with Gasteiger partial charge in [0.05, 0.1) is 0 Å². The van der Waals surface area contributed by atoms with Gasteiger partial charge in [-0.1, -0.05) is 20.8 Å². The molecule has 0 saturated heterocycles. The lowest BCUT2D eigenvalue weighted by atomic mass is 10.0. The van der Waals surface area contributed by atoms with E-state index >= 15 is 0 Å². The topological polar surface area (TPSA) is 67.8 Å². The first-order valence-electron chi connectivity index (χ1n) is 8.11. The van der Waals surface area contributed by atoms with Crippen LogP contribution in [0.25, 0.3) is 0 Å². The number of ether oxygens (including phenoxy) is 2. The molecule has 2 N–H and O–H groups in total. The molecule has 1 rings (SSSR count). The van der Waals surface area contributed by atoms with E-state index in [0.717, 1.165) is 28.9 Å². The van der Waals surface area contributed by atoms with E-state index < -0.39 is 6.10 Å². The van der Waals surface area contributed by atoms with E-state index in [9.17, 15) is 9.90 Å². The molecule has 0 radical (unpaired) electrons. The molecule has 0 aliphatic carbocycles.